The fraction of sp³-hybridized carbons (Fsp3) is 0.935. The van der Waals surface area contributed by atoms with Crippen molar-refractivity contribution in [1.29, 1.82) is 0 Å². The van der Waals surface area contributed by atoms with E-state index in [4.69, 9.17) is 37.9 Å². The summed E-state index contributed by atoms with van der Waals surface area (Å²) in [5.41, 5.74) is 0. The zero-order chi connectivity index (χ0) is 63.7. The van der Waals surface area contributed by atoms with Gasteiger partial charge in [-0.25, -0.2) is 0 Å². The average Bonchev–Trinajstić information content (AvgIpc) is 1.94. The monoisotopic (exact) mass is 1250 g/mol. The van der Waals surface area contributed by atoms with Gasteiger partial charge in [0.05, 0.1) is 45.2 Å². The van der Waals surface area contributed by atoms with Gasteiger partial charge in [0.2, 0.25) is 11.8 Å². The van der Waals surface area contributed by atoms with Gasteiger partial charge in [0.1, 0.15) is 97.6 Å². The molecular weight excluding hydrogens is 1140 g/mol. The van der Waals surface area contributed by atoms with Crippen LogP contribution in [-0.2, 0) is 47.5 Å². The van der Waals surface area contributed by atoms with Crippen molar-refractivity contribution < 1.29 is 114 Å². The highest BCUT2D eigenvalue weighted by Gasteiger charge is 2.56. The first-order chi connectivity index (χ1) is 42.0. The van der Waals surface area contributed by atoms with Crippen LogP contribution >= 0.6 is 0 Å². The van der Waals surface area contributed by atoms with Crippen LogP contribution < -0.4 is 10.6 Å². The van der Waals surface area contributed by atoms with E-state index in [2.05, 4.69) is 24.5 Å². The maximum absolute atomic E-state index is 13.4. The number of aliphatic hydroxyl groups excluding tert-OH is 13. The number of allylic oxidation sites excluding steroid dienone is 1. The van der Waals surface area contributed by atoms with Gasteiger partial charge in [-0.1, -0.05) is 180 Å². The summed E-state index contributed by atoms with van der Waals surface area (Å²) < 4.78 is 46.6. The lowest BCUT2D eigenvalue weighted by atomic mass is 9.94. The fourth-order valence-electron chi connectivity index (χ4n) is 11.7. The number of aliphatic hydroxyl groups is 13. The van der Waals surface area contributed by atoms with Gasteiger partial charge in [-0.05, 0) is 19.3 Å². The largest absolute Gasteiger partial charge is 0.394 e. The summed E-state index contributed by atoms with van der Waals surface area (Å²) >= 11 is 0. The van der Waals surface area contributed by atoms with Crippen LogP contribution in [0.1, 0.15) is 201 Å². The lowest BCUT2D eigenvalue weighted by molar-refractivity contribution is -0.381. The topological polar surface area (TPSA) is 395 Å². The first-order valence-electron chi connectivity index (χ1n) is 32.9. The summed E-state index contributed by atoms with van der Waals surface area (Å²) in [6, 6.07) is -2.67. The highest BCUT2D eigenvalue weighted by atomic mass is 16.8. The molecule has 2 amide bonds. The molecule has 4 rings (SSSR count). The summed E-state index contributed by atoms with van der Waals surface area (Å²) in [6.07, 6.45) is -0.0248. The molecule has 0 radical (unpaired) electrons. The lowest BCUT2D eigenvalue weighted by Gasteiger charge is -2.50. The molecule has 4 fully saturated rings. The molecule has 0 aromatic heterocycles. The Bertz CT molecular complexity index is 1830. The van der Waals surface area contributed by atoms with Crippen LogP contribution in [0.25, 0.3) is 0 Å². The van der Waals surface area contributed by atoms with Gasteiger partial charge < -0.3 is 115 Å². The highest BCUT2D eigenvalue weighted by Crippen LogP contribution is 2.35. The lowest BCUT2D eigenvalue weighted by Crippen LogP contribution is -2.69. The smallest absolute Gasteiger partial charge is 0.220 e. The minimum atomic E-state index is -2.09. The van der Waals surface area contributed by atoms with Crippen molar-refractivity contribution in [2.45, 2.75) is 335 Å². The summed E-state index contributed by atoms with van der Waals surface area (Å²) in [4.78, 5) is 25.9. The van der Waals surface area contributed by atoms with Crippen molar-refractivity contribution in [3.8, 4) is 0 Å². The molecule has 22 atom stereocenters. The number of unbranched alkanes of at least 4 members (excludes halogenated alkanes) is 25. The van der Waals surface area contributed by atoms with E-state index < -0.39 is 174 Å². The Balaban J connectivity index is 1.37. The molecule has 0 aromatic rings. The first-order valence-corrected chi connectivity index (χ1v) is 32.9. The van der Waals surface area contributed by atoms with Crippen molar-refractivity contribution in [3.05, 3.63) is 12.2 Å². The van der Waals surface area contributed by atoms with Crippen molar-refractivity contribution >= 4 is 11.8 Å². The van der Waals surface area contributed by atoms with Crippen LogP contribution in [0.2, 0.25) is 0 Å². The Kier molecular flexibility index (Phi) is 38.8. The summed E-state index contributed by atoms with van der Waals surface area (Å²) in [6.45, 7) is 1.58. The normalized spacial score (nSPS) is 33.8. The van der Waals surface area contributed by atoms with E-state index in [0.717, 1.165) is 51.9 Å². The molecule has 4 aliphatic rings. The van der Waals surface area contributed by atoms with Crippen molar-refractivity contribution in [2.75, 3.05) is 33.0 Å². The Morgan fingerprint density at radius 1 is 0.448 bits per heavy atom. The molecular formula is C62H114N2O23. The molecule has 0 saturated carbocycles. The summed E-state index contributed by atoms with van der Waals surface area (Å²) in [5, 5.41) is 147. The van der Waals surface area contributed by atoms with Crippen LogP contribution in [0.4, 0.5) is 0 Å². The van der Waals surface area contributed by atoms with E-state index in [0.29, 0.717) is 12.8 Å². The molecule has 25 nitrogen and oxygen atoms in total. The third-order valence-corrected chi connectivity index (χ3v) is 17.1. The fourth-order valence-corrected chi connectivity index (χ4v) is 11.7. The molecule has 0 aromatic carbocycles. The quantitative estimate of drug-likeness (QED) is 0.0305. The Hall–Kier alpha value is -2.16. The van der Waals surface area contributed by atoms with Crippen molar-refractivity contribution in [1.82, 2.24) is 10.6 Å². The molecule has 4 aliphatic heterocycles. The van der Waals surface area contributed by atoms with E-state index in [1.165, 1.54) is 116 Å². The standard InChI is InChI=1S/C62H114N2O23/c1-4-6-8-10-12-14-16-18-19-21-23-25-27-29-31-33-46(71)64-40(41(70)32-30-28-26-24-22-20-17-15-13-11-9-7-5-2)38-80-60-54(78)52(76)57(45(37-68)84-60)86-62-55(79)58(49(73)43(35-66)82-62)87-59-47(63-39(3)69)50(74)56(44(36-67)83-59)85-61-53(77)51(75)48(72)42(34-65)81-61/h30,32,40-45,47-62,65-68,70,72-79H,4-29,31,33-38H2,1-3H3,(H,63,69)(H,64,71)/b32-30+/t40-,41+,42?,43?,44?,45?,47?,48-,49-,50+,51-,52+,53?,54?,55?,56-,57+,58-,59-,60+,61-,62-/m0/s1. The highest BCUT2D eigenvalue weighted by molar-refractivity contribution is 5.76. The summed E-state index contributed by atoms with van der Waals surface area (Å²) in [7, 11) is 0. The van der Waals surface area contributed by atoms with Gasteiger partial charge in [0.25, 0.3) is 0 Å². The molecule has 4 heterocycles. The van der Waals surface area contributed by atoms with Crippen molar-refractivity contribution in [2.24, 2.45) is 0 Å². The number of carbonyl (C=O) groups is 2. The zero-order valence-electron chi connectivity index (χ0n) is 52.1. The van der Waals surface area contributed by atoms with Gasteiger partial charge >= 0.3 is 0 Å². The predicted octanol–water partition coefficient (Wildman–Crippen LogP) is 1.78. The minimum Gasteiger partial charge on any atom is -0.394 e. The van der Waals surface area contributed by atoms with Crippen LogP contribution in [0, 0.1) is 0 Å². The molecule has 87 heavy (non-hydrogen) atoms. The maximum atomic E-state index is 13.4. The Morgan fingerprint density at radius 3 is 1.33 bits per heavy atom. The number of ether oxygens (including phenoxy) is 8. The molecule has 8 unspecified atom stereocenters. The zero-order valence-corrected chi connectivity index (χ0v) is 52.1. The Morgan fingerprint density at radius 2 is 0.851 bits per heavy atom. The molecule has 25 heteroatoms. The second kappa shape index (κ2) is 43.6. The van der Waals surface area contributed by atoms with Gasteiger partial charge in [0, 0.05) is 13.3 Å². The SMILES string of the molecule is CCCCCCCCCCCCC/C=C/[C@@H](O)[C@H](CO[C@@H]1OC(CO)[C@@H](O[C@@H]2OC(CO)[C@H](O)[C@H](O[C@@H]3OC(CO)[C@H](O[C@@H]4OC(CO)[C@H](O)[C@H](O)C4O)[C@H](O)C3NC(C)=O)C2O)[C@H](O)C1O)NC(=O)CCCCCCCCCCCCCCCCC. The summed E-state index contributed by atoms with van der Waals surface area (Å²) in [5.74, 6) is -1.07. The number of nitrogens with one attached hydrogen (secondary N) is 2. The van der Waals surface area contributed by atoms with Crippen LogP contribution in [0.5, 0.6) is 0 Å². The van der Waals surface area contributed by atoms with Crippen LogP contribution in [0.3, 0.4) is 0 Å². The van der Waals surface area contributed by atoms with E-state index in [9.17, 15) is 76.0 Å². The van der Waals surface area contributed by atoms with Gasteiger partial charge in [0.15, 0.2) is 25.2 Å². The third kappa shape index (κ3) is 26.0. The van der Waals surface area contributed by atoms with Crippen LogP contribution in [0.15, 0.2) is 12.2 Å². The minimum absolute atomic E-state index is 0.213. The second-order valence-electron chi connectivity index (χ2n) is 24.3. The van der Waals surface area contributed by atoms with Gasteiger partial charge in [-0.15, -0.1) is 0 Å². The van der Waals surface area contributed by atoms with E-state index >= 15 is 0 Å². The molecule has 0 bridgehead atoms. The van der Waals surface area contributed by atoms with Crippen LogP contribution in [-0.4, -0.2) is 246 Å². The molecule has 0 spiro atoms. The maximum Gasteiger partial charge on any atom is 0.220 e. The van der Waals surface area contributed by atoms with Gasteiger partial charge in [-0.3, -0.25) is 9.59 Å². The molecule has 15 N–H and O–H groups in total. The number of rotatable bonds is 45. The molecule has 510 valence electrons. The van der Waals surface area contributed by atoms with Crippen molar-refractivity contribution in [3.63, 3.8) is 0 Å². The average molecular weight is 1260 g/mol. The number of hydrogen-bond donors (Lipinski definition) is 15. The molecule has 0 aliphatic carbocycles. The Labute approximate surface area is 515 Å². The van der Waals surface area contributed by atoms with Gasteiger partial charge in [-0.2, -0.15) is 0 Å². The molecule has 4 saturated heterocycles. The third-order valence-electron chi connectivity index (χ3n) is 17.1. The number of amides is 2. The number of hydrogen-bond acceptors (Lipinski definition) is 23. The number of carbonyl (C=O) groups excluding carboxylic acids is 2. The second-order valence-corrected chi connectivity index (χ2v) is 24.3. The first kappa shape index (κ1) is 77.3. The predicted molar refractivity (Wildman–Crippen MR) is 317 cm³/mol. The van der Waals surface area contributed by atoms with E-state index in [1.54, 1.807) is 6.08 Å². The van der Waals surface area contributed by atoms with E-state index in [-0.39, 0.29) is 12.3 Å². The van der Waals surface area contributed by atoms with E-state index in [1.807, 2.05) is 6.08 Å².